The molecule has 0 heterocycles. The van der Waals surface area contributed by atoms with Gasteiger partial charge in [-0.3, -0.25) is 0 Å². The highest BCUT2D eigenvalue weighted by molar-refractivity contribution is 5.99. The van der Waals surface area contributed by atoms with Crippen LogP contribution in [0.3, 0.4) is 0 Å². The lowest BCUT2D eigenvalue weighted by Crippen LogP contribution is -2.20. The Morgan fingerprint density at radius 1 is 0.846 bits per heavy atom. The van der Waals surface area contributed by atoms with Gasteiger partial charge in [0.2, 0.25) is 0 Å². The highest BCUT2D eigenvalue weighted by atomic mass is 19.1. The molecule has 3 aromatic carbocycles. The van der Waals surface area contributed by atoms with Crippen molar-refractivity contribution in [3.63, 3.8) is 0 Å². The number of hydrogen-bond acceptors (Lipinski definition) is 3. The summed E-state index contributed by atoms with van der Waals surface area (Å²) >= 11 is 0. The number of benzene rings is 3. The van der Waals surface area contributed by atoms with Crippen molar-refractivity contribution < 1.29 is 18.3 Å². The van der Waals surface area contributed by atoms with Crippen LogP contribution in [-0.4, -0.2) is 6.03 Å². The summed E-state index contributed by atoms with van der Waals surface area (Å²) in [5, 5.41) is 4.86. The fourth-order valence-corrected chi connectivity index (χ4v) is 2.15. The number of rotatable bonds is 4. The van der Waals surface area contributed by atoms with Crippen molar-refractivity contribution in [2.24, 2.45) is 0 Å². The normalized spacial score (nSPS) is 10.2. The number of nitrogen functional groups attached to an aromatic ring is 1. The lowest BCUT2D eigenvalue weighted by atomic mass is 10.3. The van der Waals surface area contributed by atoms with Crippen LogP contribution < -0.4 is 21.1 Å². The molecule has 0 fully saturated rings. The van der Waals surface area contributed by atoms with Gasteiger partial charge in [-0.15, -0.1) is 0 Å². The highest BCUT2D eigenvalue weighted by Crippen LogP contribution is 2.24. The fourth-order valence-electron chi connectivity index (χ4n) is 2.15. The number of urea groups is 1. The standard InChI is InChI=1S/C19H15F2N3O2/c20-12-1-10-18(17(21)11-12)24-19(25)23-14-4-8-16(9-5-14)26-15-6-2-13(22)3-7-15/h1-11H,22H2,(H2,23,24,25). The van der Waals surface area contributed by atoms with Crippen molar-refractivity contribution in [2.45, 2.75) is 0 Å². The van der Waals surface area contributed by atoms with Gasteiger partial charge in [0.15, 0.2) is 0 Å². The van der Waals surface area contributed by atoms with E-state index in [9.17, 15) is 13.6 Å². The van der Waals surface area contributed by atoms with E-state index in [1.807, 2.05) is 0 Å². The molecule has 26 heavy (non-hydrogen) atoms. The molecule has 0 aromatic heterocycles. The molecular weight excluding hydrogens is 340 g/mol. The molecule has 3 rings (SSSR count). The SMILES string of the molecule is Nc1ccc(Oc2ccc(NC(=O)Nc3ccc(F)cc3F)cc2)cc1. The van der Waals surface area contributed by atoms with Gasteiger partial charge in [-0.25, -0.2) is 13.6 Å². The molecule has 3 aromatic rings. The average molecular weight is 355 g/mol. The van der Waals surface area contributed by atoms with E-state index in [2.05, 4.69) is 10.6 Å². The first-order chi connectivity index (χ1) is 12.5. The summed E-state index contributed by atoms with van der Waals surface area (Å²) in [5.41, 5.74) is 6.62. The van der Waals surface area contributed by atoms with Crippen LogP contribution in [0.4, 0.5) is 30.6 Å². The zero-order chi connectivity index (χ0) is 18.5. The quantitative estimate of drug-likeness (QED) is 0.578. The number of ether oxygens (including phenoxy) is 1. The summed E-state index contributed by atoms with van der Waals surface area (Å²) in [7, 11) is 0. The molecule has 0 saturated heterocycles. The van der Waals surface area contributed by atoms with E-state index in [0.29, 0.717) is 28.9 Å². The number of carbonyl (C=O) groups is 1. The van der Waals surface area contributed by atoms with Crippen LogP contribution in [0.15, 0.2) is 66.7 Å². The second kappa shape index (κ2) is 7.52. The predicted molar refractivity (Wildman–Crippen MR) is 96.4 cm³/mol. The minimum Gasteiger partial charge on any atom is -0.457 e. The number of carbonyl (C=O) groups excluding carboxylic acids is 1. The molecule has 0 spiro atoms. The lowest BCUT2D eigenvalue weighted by Gasteiger charge is -2.10. The van der Waals surface area contributed by atoms with Crippen LogP contribution in [-0.2, 0) is 0 Å². The van der Waals surface area contributed by atoms with E-state index in [1.165, 1.54) is 0 Å². The summed E-state index contributed by atoms with van der Waals surface area (Å²) in [6, 6.07) is 15.8. The number of nitrogens with two attached hydrogens (primary N) is 1. The minimum absolute atomic E-state index is 0.118. The molecule has 0 aliphatic heterocycles. The van der Waals surface area contributed by atoms with E-state index in [0.717, 1.165) is 12.1 Å². The first kappa shape index (κ1) is 17.2. The summed E-state index contributed by atoms with van der Waals surface area (Å²) in [6.07, 6.45) is 0. The third-order valence-electron chi connectivity index (χ3n) is 3.41. The number of hydrogen-bond donors (Lipinski definition) is 3. The lowest BCUT2D eigenvalue weighted by molar-refractivity contribution is 0.262. The molecule has 132 valence electrons. The number of nitrogens with one attached hydrogen (secondary N) is 2. The van der Waals surface area contributed by atoms with Crippen LogP contribution >= 0.6 is 0 Å². The molecule has 0 aliphatic carbocycles. The van der Waals surface area contributed by atoms with Crippen molar-refractivity contribution in [1.29, 1.82) is 0 Å². The molecular formula is C19H15F2N3O2. The van der Waals surface area contributed by atoms with E-state index in [-0.39, 0.29) is 5.69 Å². The van der Waals surface area contributed by atoms with Crippen molar-refractivity contribution in [1.82, 2.24) is 0 Å². The molecule has 0 radical (unpaired) electrons. The Bertz CT molecular complexity index is 913. The first-order valence-corrected chi connectivity index (χ1v) is 7.66. The Morgan fingerprint density at radius 2 is 1.46 bits per heavy atom. The van der Waals surface area contributed by atoms with Crippen LogP contribution in [0.5, 0.6) is 11.5 Å². The monoisotopic (exact) mass is 355 g/mol. The second-order valence-corrected chi connectivity index (χ2v) is 5.40. The molecule has 0 atom stereocenters. The number of amides is 2. The number of anilines is 3. The van der Waals surface area contributed by atoms with Crippen molar-refractivity contribution >= 4 is 23.1 Å². The smallest absolute Gasteiger partial charge is 0.323 e. The summed E-state index contributed by atoms with van der Waals surface area (Å²) < 4.78 is 32.0. The van der Waals surface area contributed by atoms with Crippen LogP contribution in [0, 0.1) is 11.6 Å². The van der Waals surface area contributed by atoms with Gasteiger partial charge in [0.05, 0.1) is 5.69 Å². The zero-order valence-electron chi connectivity index (χ0n) is 13.5. The third kappa shape index (κ3) is 4.47. The number of halogens is 2. The van der Waals surface area contributed by atoms with Crippen LogP contribution in [0.25, 0.3) is 0 Å². The largest absolute Gasteiger partial charge is 0.457 e. The molecule has 0 bridgehead atoms. The Kier molecular flexibility index (Phi) is 4.98. The molecule has 7 heteroatoms. The van der Waals surface area contributed by atoms with Crippen molar-refractivity contribution in [3.8, 4) is 11.5 Å². The molecule has 2 amide bonds. The van der Waals surface area contributed by atoms with Gasteiger partial charge < -0.3 is 21.1 Å². The van der Waals surface area contributed by atoms with Crippen molar-refractivity contribution in [2.75, 3.05) is 16.4 Å². The average Bonchev–Trinajstić information content (AvgIpc) is 2.61. The van der Waals surface area contributed by atoms with Gasteiger partial charge in [0.25, 0.3) is 0 Å². The van der Waals surface area contributed by atoms with E-state index < -0.39 is 17.7 Å². The van der Waals surface area contributed by atoms with Gasteiger partial charge in [0.1, 0.15) is 23.1 Å². The molecule has 0 saturated carbocycles. The zero-order valence-corrected chi connectivity index (χ0v) is 13.5. The molecule has 0 aliphatic rings. The maximum Gasteiger partial charge on any atom is 0.323 e. The molecule has 0 unspecified atom stereocenters. The van der Waals surface area contributed by atoms with Gasteiger partial charge in [-0.1, -0.05) is 0 Å². The van der Waals surface area contributed by atoms with Gasteiger partial charge in [-0.05, 0) is 60.7 Å². The van der Waals surface area contributed by atoms with Gasteiger partial charge in [-0.2, -0.15) is 0 Å². The topological polar surface area (TPSA) is 76.4 Å². The molecule has 5 nitrogen and oxygen atoms in total. The van der Waals surface area contributed by atoms with Gasteiger partial charge in [0, 0.05) is 17.4 Å². The second-order valence-electron chi connectivity index (χ2n) is 5.40. The Labute approximate surface area is 148 Å². The first-order valence-electron chi connectivity index (χ1n) is 7.66. The van der Waals surface area contributed by atoms with E-state index >= 15 is 0 Å². The summed E-state index contributed by atoms with van der Waals surface area (Å²) in [5.74, 6) is -0.368. The Balaban J connectivity index is 1.59. The van der Waals surface area contributed by atoms with E-state index in [4.69, 9.17) is 10.5 Å². The van der Waals surface area contributed by atoms with Crippen molar-refractivity contribution in [3.05, 3.63) is 78.4 Å². The van der Waals surface area contributed by atoms with E-state index in [1.54, 1.807) is 48.5 Å². The Hall–Kier alpha value is -3.61. The third-order valence-corrected chi connectivity index (χ3v) is 3.41. The summed E-state index contributed by atoms with van der Waals surface area (Å²) in [4.78, 5) is 11.9. The van der Waals surface area contributed by atoms with Gasteiger partial charge >= 0.3 is 6.03 Å². The summed E-state index contributed by atoms with van der Waals surface area (Å²) in [6.45, 7) is 0. The van der Waals surface area contributed by atoms with Crippen LogP contribution in [0.1, 0.15) is 0 Å². The maximum absolute atomic E-state index is 13.5. The minimum atomic E-state index is -0.854. The maximum atomic E-state index is 13.5. The fraction of sp³-hybridized carbons (Fsp3) is 0. The van der Waals surface area contributed by atoms with Crippen LogP contribution in [0.2, 0.25) is 0 Å². The Morgan fingerprint density at radius 3 is 2.08 bits per heavy atom. The molecule has 4 N–H and O–H groups in total. The predicted octanol–water partition coefficient (Wildman–Crippen LogP) is 4.98. The highest BCUT2D eigenvalue weighted by Gasteiger charge is 2.08.